The van der Waals surface area contributed by atoms with Crippen LogP contribution in [-0.4, -0.2) is 24.2 Å². The normalized spacial score (nSPS) is 10.8. The molecular formula is C13H12N4O5S. The first-order valence-corrected chi connectivity index (χ1v) is 7.77. The van der Waals surface area contributed by atoms with Crippen LogP contribution >= 0.6 is 0 Å². The number of nitrogens with zero attached hydrogens (tertiary/aromatic N) is 2. The first-order valence-electron chi connectivity index (χ1n) is 6.28. The second-order valence-corrected chi connectivity index (χ2v) is 6.11. The molecule has 10 heteroatoms. The third kappa shape index (κ3) is 4.01. The Hall–Kier alpha value is -3.01. The number of nitro benzene ring substituents is 1. The lowest BCUT2D eigenvalue weighted by molar-refractivity contribution is -0.384. The number of carbonyl (C=O) groups excluding carboxylic acids is 1. The van der Waals surface area contributed by atoms with Gasteiger partial charge in [-0.1, -0.05) is 0 Å². The lowest BCUT2D eigenvalue weighted by Crippen LogP contribution is -2.28. The summed E-state index contributed by atoms with van der Waals surface area (Å²) in [6.07, 6.45) is 2.47. The van der Waals surface area contributed by atoms with Crippen LogP contribution in [0.4, 0.5) is 17.1 Å². The second-order valence-electron chi connectivity index (χ2n) is 4.46. The first-order chi connectivity index (χ1) is 10.8. The van der Waals surface area contributed by atoms with Gasteiger partial charge in [0, 0.05) is 37.1 Å². The maximum atomic E-state index is 12.1. The number of rotatable bonds is 5. The fourth-order valence-corrected chi connectivity index (χ4v) is 2.86. The van der Waals surface area contributed by atoms with Crippen molar-refractivity contribution in [3.63, 3.8) is 0 Å². The molecule has 9 nitrogen and oxygen atoms in total. The molecule has 1 aromatic carbocycles. The van der Waals surface area contributed by atoms with Crippen LogP contribution in [0, 0.1) is 10.1 Å². The van der Waals surface area contributed by atoms with E-state index in [1.807, 2.05) is 4.72 Å². The van der Waals surface area contributed by atoms with E-state index in [1.165, 1.54) is 36.5 Å². The Kier molecular flexibility index (Phi) is 4.55. The highest BCUT2D eigenvalue weighted by Crippen LogP contribution is 2.25. The molecule has 2 N–H and O–H groups in total. The topological polar surface area (TPSA) is 131 Å². The van der Waals surface area contributed by atoms with Crippen LogP contribution in [0.5, 0.6) is 0 Å². The van der Waals surface area contributed by atoms with E-state index in [9.17, 15) is 23.3 Å². The third-order valence-corrected chi connectivity index (χ3v) is 4.17. The number of benzene rings is 1. The highest BCUT2D eigenvalue weighted by molar-refractivity contribution is 7.90. The average molecular weight is 336 g/mol. The van der Waals surface area contributed by atoms with Crippen LogP contribution < -0.4 is 10.0 Å². The molecule has 0 radical (unpaired) electrons. The summed E-state index contributed by atoms with van der Waals surface area (Å²) in [5.41, 5.74) is 0.542. The van der Waals surface area contributed by atoms with Crippen molar-refractivity contribution in [3.8, 4) is 0 Å². The van der Waals surface area contributed by atoms with Crippen LogP contribution in [-0.2, 0) is 14.8 Å². The van der Waals surface area contributed by atoms with E-state index in [1.54, 1.807) is 0 Å². The fourth-order valence-electron chi connectivity index (χ4n) is 1.76. The van der Waals surface area contributed by atoms with Gasteiger partial charge in [0.2, 0.25) is 5.91 Å². The van der Waals surface area contributed by atoms with Crippen molar-refractivity contribution < 1.29 is 18.1 Å². The van der Waals surface area contributed by atoms with Gasteiger partial charge in [-0.15, -0.1) is 0 Å². The average Bonchev–Trinajstić information content (AvgIpc) is 2.47. The van der Waals surface area contributed by atoms with Gasteiger partial charge in [-0.3, -0.25) is 19.9 Å². The number of hydrogen-bond donors (Lipinski definition) is 2. The number of hydrogen-bond acceptors (Lipinski definition) is 7. The Morgan fingerprint density at radius 3 is 2.43 bits per heavy atom. The summed E-state index contributed by atoms with van der Waals surface area (Å²) in [7, 11) is -4.06. The highest BCUT2D eigenvalue weighted by Gasteiger charge is 2.20. The van der Waals surface area contributed by atoms with E-state index in [-0.39, 0.29) is 16.3 Å². The second kappa shape index (κ2) is 6.40. The Balaban J connectivity index is 2.34. The molecule has 0 spiro atoms. The van der Waals surface area contributed by atoms with E-state index < -0.39 is 20.9 Å². The maximum absolute atomic E-state index is 12.1. The van der Waals surface area contributed by atoms with Gasteiger partial charge in [-0.05, 0) is 18.2 Å². The molecule has 0 aliphatic heterocycles. The molecule has 0 fully saturated rings. The molecule has 2 aromatic rings. The van der Waals surface area contributed by atoms with Gasteiger partial charge in [-0.2, -0.15) is 0 Å². The molecule has 1 heterocycles. The zero-order valence-electron chi connectivity index (χ0n) is 11.9. The van der Waals surface area contributed by atoms with Crippen molar-refractivity contribution >= 4 is 33.0 Å². The van der Waals surface area contributed by atoms with Crippen molar-refractivity contribution in [2.75, 3.05) is 5.32 Å². The van der Waals surface area contributed by atoms with Gasteiger partial charge < -0.3 is 5.32 Å². The monoisotopic (exact) mass is 336 g/mol. The molecule has 0 aliphatic rings. The van der Waals surface area contributed by atoms with Gasteiger partial charge in [0.15, 0.2) is 0 Å². The molecule has 0 unspecified atom stereocenters. The summed E-state index contributed by atoms with van der Waals surface area (Å²) in [4.78, 5) is 24.6. The predicted molar refractivity (Wildman–Crippen MR) is 81.6 cm³/mol. The zero-order valence-corrected chi connectivity index (χ0v) is 12.7. The molecular weight excluding hydrogens is 324 g/mol. The summed E-state index contributed by atoms with van der Waals surface area (Å²) >= 11 is 0. The number of sulfonamides is 1. The van der Waals surface area contributed by atoms with E-state index in [4.69, 9.17) is 0 Å². The van der Waals surface area contributed by atoms with Gasteiger partial charge in [0.1, 0.15) is 4.90 Å². The number of amides is 1. The van der Waals surface area contributed by atoms with Crippen molar-refractivity contribution in [3.05, 3.63) is 52.8 Å². The molecule has 1 amide bonds. The smallest absolute Gasteiger partial charge is 0.269 e. The summed E-state index contributed by atoms with van der Waals surface area (Å²) in [6.45, 7) is 1.08. The number of non-ortho nitro benzene ring substituents is 1. The van der Waals surface area contributed by atoms with Crippen molar-refractivity contribution in [1.82, 2.24) is 9.71 Å². The van der Waals surface area contributed by atoms with Gasteiger partial charge >= 0.3 is 0 Å². The SMILES string of the molecule is CC(=O)NS(=O)(=O)c1cnccc1Nc1ccc([N+](=O)[O-])cc1. The van der Waals surface area contributed by atoms with Crippen molar-refractivity contribution in [2.24, 2.45) is 0 Å². The minimum absolute atomic E-state index is 0.0867. The molecule has 120 valence electrons. The number of anilines is 2. The molecule has 23 heavy (non-hydrogen) atoms. The largest absolute Gasteiger partial charge is 0.354 e. The minimum atomic E-state index is -4.06. The molecule has 0 saturated heterocycles. The lowest BCUT2D eigenvalue weighted by Gasteiger charge is -2.12. The van der Waals surface area contributed by atoms with E-state index in [2.05, 4.69) is 10.3 Å². The van der Waals surface area contributed by atoms with Gasteiger partial charge in [0.25, 0.3) is 15.7 Å². The van der Waals surface area contributed by atoms with Crippen LogP contribution in [0.2, 0.25) is 0 Å². The summed E-state index contributed by atoms with van der Waals surface area (Å²) in [5.74, 6) is -0.727. The molecule has 1 aromatic heterocycles. The summed E-state index contributed by atoms with van der Waals surface area (Å²) in [6, 6.07) is 6.86. The zero-order chi connectivity index (χ0) is 17.0. The summed E-state index contributed by atoms with van der Waals surface area (Å²) < 4.78 is 26.0. The number of nitro groups is 1. The molecule has 2 rings (SSSR count). The molecule has 0 aliphatic carbocycles. The Morgan fingerprint density at radius 2 is 1.87 bits per heavy atom. The summed E-state index contributed by atoms with van der Waals surface area (Å²) in [5, 5.41) is 13.4. The molecule has 0 atom stereocenters. The quantitative estimate of drug-likeness (QED) is 0.625. The minimum Gasteiger partial charge on any atom is -0.354 e. The van der Waals surface area contributed by atoms with E-state index >= 15 is 0 Å². The van der Waals surface area contributed by atoms with Crippen molar-refractivity contribution in [2.45, 2.75) is 11.8 Å². The maximum Gasteiger partial charge on any atom is 0.269 e. The lowest BCUT2D eigenvalue weighted by atomic mass is 10.2. The van der Waals surface area contributed by atoms with Gasteiger partial charge in [-0.25, -0.2) is 13.1 Å². The van der Waals surface area contributed by atoms with Crippen LogP contribution in [0.25, 0.3) is 0 Å². The Bertz CT molecular complexity index is 849. The van der Waals surface area contributed by atoms with Crippen LogP contribution in [0.1, 0.15) is 6.92 Å². The number of pyridine rings is 1. The van der Waals surface area contributed by atoms with Crippen LogP contribution in [0.3, 0.4) is 0 Å². The van der Waals surface area contributed by atoms with Gasteiger partial charge in [0.05, 0.1) is 10.6 Å². The Labute approximate surface area is 131 Å². The number of nitrogens with one attached hydrogen (secondary N) is 2. The number of carbonyl (C=O) groups is 1. The third-order valence-electron chi connectivity index (χ3n) is 2.71. The van der Waals surface area contributed by atoms with E-state index in [0.29, 0.717) is 5.69 Å². The fraction of sp³-hybridized carbons (Fsp3) is 0.0769. The standard InChI is InChI=1S/C13H12N4O5S/c1-9(18)16-23(21,22)13-8-14-7-6-12(13)15-10-2-4-11(5-3-10)17(19)20/h2-8H,1H3,(H,14,15)(H,16,18). The molecule has 0 bridgehead atoms. The van der Waals surface area contributed by atoms with Crippen LogP contribution in [0.15, 0.2) is 47.6 Å². The molecule has 0 saturated carbocycles. The predicted octanol–water partition coefficient (Wildman–Crippen LogP) is 1.56. The van der Waals surface area contributed by atoms with Crippen molar-refractivity contribution in [1.29, 1.82) is 0 Å². The first kappa shape index (κ1) is 16.4. The number of aromatic nitrogens is 1. The van der Waals surface area contributed by atoms with E-state index in [0.717, 1.165) is 13.1 Å². The Morgan fingerprint density at radius 1 is 1.22 bits per heavy atom. The highest BCUT2D eigenvalue weighted by atomic mass is 32.2.